The van der Waals surface area contributed by atoms with Gasteiger partial charge in [-0.15, -0.1) is 0 Å². The van der Waals surface area contributed by atoms with Crippen molar-refractivity contribution >= 4 is 17.8 Å². The number of aliphatic imine (C=N–C) groups is 2. The van der Waals surface area contributed by atoms with Gasteiger partial charge in [0, 0.05) is 6.54 Å². The maximum Gasteiger partial charge on any atom is 0.244 e. The summed E-state index contributed by atoms with van der Waals surface area (Å²) in [6, 6.07) is -0.609. The van der Waals surface area contributed by atoms with Gasteiger partial charge in [0.15, 0.2) is 5.96 Å². The van der Waals surface area contributed by atoms with Gasteiger partial charge >= 0.3 is 0 Å². The van der Waals surface area contributed by atoms with Crippen molar-refractivity contribution < 1.29 is 4.79 Å². The Morgan fingerprint density at radius 1 is 1.25 bits per heavy atom. The van der Waals surface area contributed by atoms with E-state index in [2.05, 4.69) is 15.3 Å². The Labute approximate surface area is 95.2 Å². The third kappa shape index (κ3) is 6.63. The number of hydrogen-bond donors (Lipinski definition) is 4. The molecule has 0 rings (SSSR count). The molecule has 0 radical (unpaired) electrons. The number of nitrogens with one attached hydrogen (secondary N) is 1. The van der Waals surface area contributed by atoms with Crippen LogP contribution in [0.5, 0.6) is 0 Å². The van der Waals surface area contributed by atoms with Crippen molar-refractivity contribution in [3.05, 3.63) is 0 Å². The van der Waals surface area contributed by atoms with Crippen LogP contribution in [-0.4, -0.2) is 30.4 Å². The molecule has 0 heterocycles. The average Bonchev–Trinajstić information content (AvgIpc) is 2.12. The topological polar surface area (TPSA) is 132 Å². The van der Waals surface area contributed by atoms with E-state index in [1.54, 1.807) is 6.92 Å². The first-order valence-corrected chi connectivity index (χ1v) is 5.03. The highest BCUT2D eigenvalue weighted by molar-refractivity contribution is 5.94. The lowest BCUT2D eigenvalue weighted by atomic mass is 10.2. The predicted octanol–water partition coefficient (Wildman–Crippen LogP) is -1.26. The van der Waals surface area contributed by atoms with Gasteiger partial charge in [0.05, 0.1) is 0 Å². The Bertz CT molecular complexity index is 292. The van der Waals surface area contributed by atoms with Crippen LogP contribution in [0.1, 0.15) is 20.8 Å². The zero-order chi connectivity index (χ0) is 12.7. The van der Waals surface area contributed by atoms with Crippen LogP contribution in [0, 0.1) is 5.92 Å². The van der Waals surface area contributed by atoms with Crippen molar-refractivity contribution in [2.75, 3.05) is 6.54 Å². The van der Waals surface area contributed by atoms with Crippen molar-refractivity contribution in [2.45, 2.75) is 26.8 Å². The molecule has 0 bridgehead atoms. The molecular weight excluding hydrogens is 208 g/mol. The molecule has 0 saturated heterocycles. The quantitative estimate of drug-likeness (QED) is 0.353. The summed E-state index contributed by atoms with van der Waals surface area (Å²) < 4.78 is 0. The third-order valence-electron chi connectivity index (χ3n) is 1.63. The molecule has 7 heteroatoms. The molecule has 7 N–H and O–H groups in total. The van der Waals surface area contributed by atoms with Crippen molar-refractivity contribution in [1.82, 2.24) is 5.32 Å². The number of carbonyl (C=O) groups is 1. The van der Waals surface area contributed by atoms with Gasteiger partial charge in [0.2, 0.25) is 11.9 Å². The molecule has 0 aromatic rings. The maximum absolute atomic E-state index is 11.5. The normalized spacial score (nSPS) is 13.4. The van der Waals surface area contributed by atoms with Crippen LogP contribution in [0.4, 0.5) is 0 Å². The summed E-state index contributed by atoms with van der Waals surface area (Å²) >= 11 is 0. The Morgan fingerprint density at radius 2 is 1.81 bits per heavy atom. The lowest BCUT2D eigenvalue weighted by Gasteiger charge is -2.10. The van der Waals surface area contributed by atoms with Crippen molar-refractivity contribution in [3.8, 4) is 0 Å². The standard InChI is InChI=1S/C9H20N6O/c1-5(2)4-13-7(16)6(3)14-9(12)15-8(10)11/h5-6H,4H2,1-3H3,(H,13,16)(H6,10,11,12,14,15). The van der Waals surface area contributed by atoms with Crippen LogP contribution in [0.2, 0.25) is 0 Å². The Hall–Kier alpha value is -1.79. The minimum Gasteiger partial charge on any atom is -0.370 e. The number of nitrogens with two attached hydrogens (primary N) is 3. The number of carbonyl (C=O) groups excluding carboxylic acids is 1. The SMILES string of the molecule is CC(C)CNC(=O)C(C)N=C(N)N=C(N)N. The van der Waals surface area contributed by atoms with E-state index in [1.165, 1.54) is 0 Å². The van der Waals surface area contributed by atoms with E-state index in [4.69, 9.17) is 17.2 Å². The Morgan fingerprint density at radius 3 is 2.25 bits per heavy atom. The predicted molar refractivity (Wildman–Crippen MR) is 64.7 cm³/mol. The van der Waals surface area contributed by atoms with Gasteiger partial charge in [-0.25, -0.2) is 4.99 Å². The van der Waals surface area contributed by atoms with E-state index >= 15 is 0 Å². The first kappa shape index (κ1) is 14.2. The van der Waals surface area contributed by atoms with Crippen LogP contribution in [-0.2, 0) is 4.79 Å². The smallest absolute Gasteiger partial charge is 0.244 e. The van der Waals surface area contributed by atoms with E-state index in [1.807, 2.05) is 13.8 Å². The van der Waals surface area contributed by atoms with Gasteiger partial charge in [-0.2, -0.15) is 4.99 Å². The molecule has 1 unspecified atom stereocenters. The Kier molecular flexibility index (Phi) is 5.91. The summed E-state index contributed by atoms with van der Waals surface area (Å²) in [4.78, 5) is 18.8. The van der Waals surface area contributed by atoms with Crippen LogP contribution >= 0.6 is 0 Å². The summed E-state index contributed by atoms with van der Waals surface area (Å²) in [5.41, 5.74) is 15.6. The molecule has 0 aliphatic carbocycles. The fraction of sp³-hybridized carbons (Fsp3) is 0.667. The number of nitrogens with zero attached hydrogens (tertiary/aromatic N) is 2. The first-order chi connectivity index (χ1) is 7.32. The van der Waals surface area contributed by atoms with E-state index in [9.17, 15) is 4.79 Å². The summed E-state index contributed by atoms with van der Waals surface area (Å²) in [6.07, 6.45) is 0. The van der Waals surface area contributed by atoms with Gasteiger partial charge in [0.1, 0.15) is 6.04 Å². The molecule has 92 valence electrons. The molecule has 0 aliphatic rings. The summed E-state index contributed by atoms with van der Waals surface area (Å²) in [5.74, 6) is -0.110. The third-order valence-corrected chi connectivity index (χ3v) is 1.63. The number of amides is 1. The van der Waals surface area contributed by atoms with Crippen molar-refractivity contribution in [3.63, 3.8) is 0 Å². The lowest BCUT2D eigenvalue weighted by Crippen LogP contribution is -2.35. The highest BCUT2D eigenvalue weighted by Crippen LogP contribution is 1.93. The molecule has 16 heavy (non-hydrogen) atoms. The number of hydrogen-bond acceptors (Lipinski definition) is 2. The van der Waals surface area contributed by atoms with Crippen LogP contribution in [0.15, 0.2) is 9.98 Å². The fourth-order valence-corrected chi connectivity index (χ4v) is 0.871. The molecule has 7 nitrogen and oxygen atoms in total. The Balaban J connectivity index is 4.29. The van der Waals surface area contributed by atoms with Gasteiger partial charge in [-0.05, 0) is 12.8 Å². The van der Waals surface area contributed by atoms with E-state index in [-0.39, 0.29) is 17.8 Å². The summed E-state index contributed by atoms with van der Waals surface area (Å²) in [6.45, 7) is 6.22. The van der Waals surface area contributed by atoms with Crippen molar-refractivity contribution in [2.24, 2.45) is 33.1 Å². The van der Waals surface area contributed by atoms with Crippen molar-refractivity contribution in [1.29, 1.82) is 0 Å². The second kappa shape index (κ2) is 6.65. The maximum atomic E-state index is 11.5. The van der Waals surface area contributed by atoms with E-state index in [0.29, 0.717) is 12.5 Å². The first-order valence-electron chi connectivity index (χ1n) is 5.03. The summed E-state index contributed by atoms with van der Waals surface area (Å²) in [5, 5.41) is 2.73. The van der Waals surface area contributed by atoms with Crippen LogP contribution in [0.3, 0.4) is 0 Å². The molecule has 0 saturated carbocycles. The van der Waals surface area contributed by atoms with Gasteiger partial charge in [-0.1, -0.05) is 13.8 Å². The molecule has 0 fully saturated rings. The zero-order valence-electron chi connectivity index (χ0n) is 9.90. The van der Waals surface area contributed by atoms with Gasteiger partial charge < -0.3 is 22.5 Å². The molecule has 0 aromatic heterocycles. The highest BCUT2D eigenvalue weighted by Gasteiger charge is 2.11. The van der Waals surface area contributed by atoms with Gasteiger partial charge in [-0.3, -0.25) is 4.79 Å². The van der Waals surface area contributed by atoms with E-state index < -0.39 is 6.04 Å². The minimum absolute atomic E-state index is 0.104. The molecular formula is C9H20N6O. The highest BCUT2D eigenvalue weighted by atomic mass is 16.2. The zero-order valence-corrected chi connectivity index (χ0v) is 9.90. The molecule has 1 atom stereocenters. The second-order valence-electron chi connectivity index (χ2n) is 3.84. The minimum atomic E-state index is -0.609. The van der Waals surface area contributed by atoms with Crippen LogP contribution < -0.4 is 22.5 Å². The fourth-order valence-electron chi connectivity index (χ4n) is 0.871. The lowest BCUT2D eigenvalue weighted by molar-refractivity contribution is -0.122. The average molecular weight is 228 g/mol. The number of guanidine groups is 2. The second-order valence-corrected chi connectivity index (χ2v) is 3.84. The largest absolute Gasteiger partial charge is 0.370 e. The van der Waals surface area contributed by atoms with E-state index in [0.717, 1.165) is 0 Å². The molecule has 0 spiro atoms. The molecule has 0 aliphatic heterocycles. The monoisotopic (exact) mass is 228 g/mol. The van der Waals surface area contributed by atoms with Crippen LogP contribution in [0.25, 0.3) is 0 Å². The summed E-state index contributed by atoms with van der Waals surface area (Å²) in [7, 11) is 0. The van der Waals surface area contributed by atoms with Gasteiger partial charge in [0.25, 0.3) is 0 Å². The molecule has 0 aromatic carbocycles. The number of rotatable bonds is 4. The molecule has 1 amide bonds.